The minimum Gasteiger partial charge on any atom is -0.356 e. The van der Waals surface area contributed by atoms with Crippen LogP contribution >= 0.6 is 24.0 Å². The van der Waals surface area contributed by atoms with Crippen molar-refractivity contribution < 1.29 is 0 Å². The second-order valence-electron chi connectivity index (χ2n) is 7.77. The molecule has 6 nitrogen and oxygen atoms in total. The highest BCUT2D eigenvalue weighted by Crippen LogP contribution is 2.16. The third-order valence-corrected chi connectivity index (χ3v) is 5.80. The number of benzene rings is 1. The molecule has 2 heterocycles. The molecule has 1 unspecified atom stereocenters. The number of nitrogens with zero attached hydrogens (tertiary/aromatic N) is 4. The Bertz CT molecular complexity index is 786. The van der Waals surface area contributed by atoms with Crippen molar-refractivity contribution in [2.75, 3.05) is 33.2 Å². The summed E-state index contributed by atoms with van der Waals surface area (Å²) in [7, 11) is 3.82. The minimum absolute atomic E-state index is 0. The lowest BCUT2D eigenvalue weighted by Crippen LogP contribution is -2.40. The Morgan fingerprint density at radius 3 is 2.62 bits per heavy atom. The standard InChI is InChI=1S/C22H34N6.HI/c1-17-21(18(2)27(4)26-17)15-25-22(23-3)24-14-20-11-13-28(16-20)12-10-19-8-6-5-7-9-19;/h5-9,20H,10-16H2,1-4H3,(H2,23,24,25);1H. The molecule has 0 saturated carbocycles. The maximum absolute atomic E-state index is 4.48. The van der Waals surface area contributed by atoms with E-state index in [-0.39, 0.29) is 24.0 Å². The molecule has 0 amide bonds. The van der Waals surface area contributed by atoms with E-state index in [9.17, 15) is 0 Å². The Morgan fingerprint density at radius 2 is 1.97 bits per heavy atom. The second kappa shape index (κ2) is 11.5. The van der Waals surface area contributed by atoms with Gasteiger partial charge in [0.25, 0.3) is 0 Å². The fraction of sp³-hybridized carbons (Fsp3) is 0.545. The molecule has 2 aromatic rings. The third-order valence-electron chi connectivity index (χ3n) is 5.80. The number of hydrogen-bond acceptors (Lipinski definition) is 3. The lowest BCUT2D eigenvalue weighted by molar-refractivity contribution is 0.328. The molecule has 0 radical (unpaired) electrons. The van der Waals surface area contributed by atoms with Crippen LogP contribution in [-0.4, -0.2) is 53.9 Å². The summed E-state index contributed by atoms with van der Waals surface area (Å²) in [5, 5.41) is 11.4. The summed E-state index contributed by atoms with van der Waals surface area (Å²) >= 11 is 0. The average molecular weight is 510 g/mol. The number of hydrogen-bond donors (Lipinski definition) is 2. The van der Waals surface area contributed by atoms with Gasteiger partial charge in [0.2, 0.25) is 0 Å². The molecule has 2 N–H and O–H groups in total. The van der Waals surface area contributed by atoms with Gasteiger partial charge in [-0.15, -0.1) is 24.0 Å². The number of guanidine groups is 1. The van der Waals surface area contributed by atoms with E-state index in [1.54, 1.807) is 0 Å². The molecular formula is C22H35IN6. The second-order valence-corrected chi connectivity index (χ2v) is 7.77. The van der Waals surface area contributed by atoms with Crippen LogP contribution in [-0.2, 0) is 20.0 Å². The van der Waals surface area contributed by atoms with E-state index >= 15 is 0 Å². The molecule has 1 aromatic carbocycles. The van der Waals surface area contributed by atoms with Gasteiger partial charge in [-0.05, 0) is 44.7 Å². The summed E-state index contributed by atoms with van der Waals surface area (Å²) in [6.07, 6.45) is 2.38. The van der Waals surface area contributed by atoms with Crippen LogP contribution in [0.25, 0.3) is 0 Å². The van der Waals surface area contributed by atoms with E-state index in [0.29, 0.717) is 5.92 Å². The number of likely N-dealkylation sites (tertiary alicyclic amines) is 1. The van der Waals surface area contributed by atoms with Crippen LogP contribution in [0.4, 0.5) is 0 Å². The molecule has 1 fully saturated rings. The Hall–Kier alpha value is -1.61. The number of rotatable bonds is 7. The molecule has 1 saturated heterocycles. The zero-order chi connectivity index (χ0) is 19.9. The maximum atomic E-state index is 4.48. The van der Waals surface area contributed by atoms with Crippen molar-refractivity contribution in [3.05, 3.63) is 52.8 Å². The summed E-state index contributed by atoms with van der Waals surface area (Å²) in [5.41, 5.74) is 4.95. The van der Waals surface area contributed by atoms with Gasteiger partial charge in [0, 0.05) is 51.5 Å². The monoisotopic (exact) mass is 510 g/mol. The molecule has 1 atom stereocenters. The predicted molar refractivity (Wildman–Crippen MR) is 131 cm³/mol. The van der Waals surface area contributed by atoms with Crippen LogP contribution in [0.1, 0.15) is 28.9 Å². The highest BCUT2D eigenvalue weighted by Gasteiger charge is 2.22. The van der Waals surface area contributed by atoms with Crippen LogP contribution in [0.3, 0.4) is 0 Å². The van der Waals surface area contributed by atoms with Crippen molar-refractivity contribution in [1.82, 2.24) is 25.3 Å². The summed E-state index contributed by atoms with van der Waals surface area (Å²) in [5.74, 6) is 1.54. The first-order valence-electron chi connectivity index (χ1n) is 10.3. The van der Waals surface area contributed by atoms with E-state index in [4.69, 9.17) is 0 Å². The molecule has 3 rings (SSSR count). The summed E-state index contributed by atoms with van der Waals surface area (Å²) in [4.78, 5) is 6.96. The summed E-state index contributed by atoms with van der Waals surface area (Å²) < 4.78 is 1.94. The largest absolute Gasteiger partial charge is 0.356 e. The van der Waals surface area contributed by atoms with Crippen LogP contribution in [0, 0.1) is 19.8 Å². The van der Waals surface area contributed by atoms with Crippen LogP contribution < -0.4 is 10.6 Å². The fourth-order valence-electron chi connectivity index (χ4n) is 3.92. The lowest BCUT2D eigenvalue weighted by Gasteiger charge is -2.17. The first-order valence-corrected chi connectivity index (χ1v) is 10.3. The number of aromatic nitrogens is 2. The smallest absolute Gasteiger partial charge is 0.191 e. The van der Waals surface area contributed by atoms with Crippen molar-refractivity contribution in [2.45, 2.75) is 33.2 Å². The van der Waals surface area contributed by atoms with Gasteiger partial charge in [0.15, 0.2) is 5.96 Å². The van der Waals surface area contributed by atoms with Crippen molar-refractivity contribution in [2.24, 2.45) is 18.0 Å². The molecule has 0 spiro atoms. The first kappa shape index (κ1) is 23.7. The first-order chi connectivity index (χ1) is 13.6. The van der Waals surface area contributed by atoms with Crippen LogP contribution in [0.2, 0.25) is 0 Å². The van der Waals surface area contributed by atoms with Gasteiger partial charge in [-0.1, -0.05) is 30.3 Å². The normalized spacial score (nSPS) is 17.2. The number of aryl methyl sites for hydroxylation is 2. The van der Waals surface area contributed by atoms with Crippen molar-refractivity contribution in [1.29, 1.82) is 0 Å². The fourth-order valence-corrected chi connectivity index (χ4v) is 3.92. The van der Waals surface area contributed by atoms with Crippen LogP contribution in [0.15, 0.2) is 35.3 Å². The van der Waals surface area contributed by atoms with E-state index in [2.05, 4.69) is 69.8 Å². The van der Waals surface area contributed by atoms with Crippen molar-refractivity contribution in [3.8, 4) is 0 Å². The SMILES string of the molecule is CN=C(NCc1c(C)nn(C)c1C)NCC1CCN(CCc2ccccc2)C1.I. The Kier molecular flexibility index (Phi) is 9.42. The van der Waals surface area contributed by atoms with E-state index < -0.39 is 0 Å². The van der Waals surface area contributed by atoms with Crippen LogP contribution in [0.5, 0.6) is 0 Å². The zero-order valence-electron chi connectivity index (χ0n) is 18.1. The van der Waals surface area contributed by atoms with E-state index in [0.717, 1.165) is 44.3 Å². The average Bonchev–Trinajstić information content (AvgIpc) is 3.26. The molecule has 29 heavy (non-hydrogen) atoms. The van der Waals surface area contributed by atoms with E-state index in [1.165, 1.54) is 29.8 Å². The van der Waals surface area contributed by atoms with Gasteiger partial charge in [-0.25, -0.2) is 0 Å². The lowest BCUT2D eigenvalue weighted by atomic mass is 10.1. The Morgan fingerprint density at radius 1 is 1.21 bits per heavy atom. The highest BCUT2D eigenvalue weighted by molar-refractivity contribution is 14.0. The Balaban J connectivity index is 0.00000300. The van der Waals surface area contributed by atoms with Gasteiger partial charge >= 0.3 is 0 Å². The minimum atomic E-state index is 0. The molecule has 1 aliphatic rings. The van der Waals surface area contributed by atoms with Gasteiger partial charge in [-0.2, -0.15) is 5.10 Å². The van der Waals surface area contributed by atoms with Gasteiger partial charge < -0.3 is 15.5 Å². The molecule has 1 aromatic heterocycles. The third kappa shape index (κ3) is 6.70. The predicted octanol–water partition coefficient (Wildman–Crippen LogP) is 2.88. The topological polar surface area (TPSA) is 57.5 Å². The van der Waals surface area contributed by atoms with E-state index in [1.807, 2.05) is 18.8 Å². The molecule has 160 valence electrons. The highest BCUT2D eigenvalue weighted by atomic mass is 127. The quantitative estimate of drug-likeness (QED) is 0.342. The molecular weight excluding hydrogens is 475 g/mol. The Labute approximate surface area is 192 Å². The number of halogens is 1. The molecule has 7 heteroatoms. The zero-order valence-corrected chi connectivity index (χ0v) is 20.4. The van der Waals surface area contributed by atoms with Gasteiger partial charge in [-0.3, -0.25) is 9.67 Å². The number of nitrogens with one attached hydrogen (secondary N) is 2. The van der Waals surface area contributed by atoms with Gasteiger partial charge in [0.1, 0.15) is 0 Å². The van der Waals surface area contributed by atoms with Crippen molar-refractivity contribution in [3.63, 3.8) is 0 Å². The van der Waals surface area contributed by atoms with Gasteiger partial charge in [0.05, 0.1) is 5.69 Å². The maximum Gasteiger partial charge on any atom is 0.191 e. The summed E-state index contributed by atoms with van der Waals surface area (Å²) in [6.45, 7) is 9.38. The molecule has 0 bridgehead atoms. The van der Waals surface area contributed by atoms with Crippen molar-refractivity contribution >= 4 is 29.9 Å². The molecule has 0 aliphatic carbocycles. The molecule has 1 aliphatic heterocycles. The summed E-state index contributed by atoms with van der Waals surface area (Å²) in [6, 6.07) is 10.8. The number of aliphatic imine (C=N–C) groups is 1.